The lowest BCUT2D eigenvalue weighted by molar-refractivity contribution is 0.242. The maximum Gasteiger partial charge on any atom is 0.252 e. The third-order valence-corrected chi connectivity index (χ3v) is 9.81. The predicted molar refractivity (Wildman–Crippen MR) is 107 cm³/mol. The van der Waals surface area contributed by atoms with E-state index in [1.165, 1.54) is 27.8 Å². The molecule has 0 saturated carbocycles. The molecule has 10 heteroatoms. The lowest BCUT2D eigenvalue weighted by Gasteiger charge is -2.34. The van der Waals surface area contributed by atoms with E-state index in [1.807, 2.05) is 0 Å². The predicted octanol–water partition coefficient (Wildman–Crippen LogP) is 3.31. The van der Waals surface area contributed by atoms with Gasteiger partial charge in [-0.15, -0.1) is 11.3 Å². The van der Waals surface area contributed by atoms with Crippen molar-refractivity contribution in [1.29, 1.82) is 0 Å². The molecule has 1 fully saturated rings. The maximum absolute atomic E-state index is 12.9. The topological polar surface area (TPSA) is 83.6 Å². The Bertz CT molecular complexity index is 975. The first-order chi connectivity index (χ1) is 12.8. The lowest BCUT2D eigenvalue weighted by atomic mass is 10.0. The molecule has 1 aromatic carbocycles. The Morgan fingerprint density at radius 3 is 2.59 bits per heavy atom. The standard InChI is InChI=1S/C17H21ClN2O4S3/c18-15-7-1-2-8-16(15)26(21,22)19-11-10-14-6-3-4-12-20(14)27(23,24)17-9-5-13-25-17/h1-2,5,7-9,13-14,19H,3-4,6,10-12H2. The minimum absolute atomic E-state index is 0.0263. The normalized spacial score (nSPS) is 19.2. The number of hydrogen-bond donors (Lipinski definition) is 1. The first kappa shape index (κ1) is 20.8. The molecule has 1 unspecified atom stereocenters. The highest BCUT2D eigenvalue weighted by Crippen LogP contribution is 2.29. The van der Waals surface area contributed by atoms with Crippen molar-refractivity contribution >= 4 is 43.0 Å². The van der Waals surface area contributed by atoms with Crippen molar-refractivity contribution in [1.82, 2.24) is 9.03 Å². The molecule has 0 radical (unpaired) electrons. The molecule has 0 bridgehead atoms. The van der Waals surface area contributed by atoms with Crippen LogP contribution in [0.25, 0.3) is 0 Å². The largest absolute Gasteiger partial charge is 0.252 e. The van der Waals surface area contributed by atoms with Gasteiger partial charge in [-0.25, -0.2) is 21.6 Å². The number of benzene rings is 1. The first-order valence-electron chi connectivity index (χ1n) is 8.62. The van der Waals surface area contributed by atoms with Crippen LogP contribution < -0.4 is 4.72 Å². The van der Waals surface area contributed by atoms with Gasteiger partial charge >= 0.3 is 0 Å². The molecular formula is C17H21ClN2O4S3. The summed E-state index contributed by atoms with van der Waals surface area (Å²) in [6, 6.07) is 9.33. The van der Waals surface area contributed by atoms with Gasteiger partial charge in [0.15, 0.2) is 0 Å². The van der Waals surface area contributed by atoms with Gasteiger partial charge in [0.1, 0.15) is 9.10 Å². The first-order valence-corrected chi connectivity index (χ1v) is 12.8. The average Bonchev–Trinajstić information content (AvgIpc) is 3.18. The molecule has 2 heterocycles. The second-order valence-electron chi connectivity index (χ2n) is 6.31. The molecule has 0 spiro atoms. The van der Waals surface area contributed by atoms with E-state index < -0.39 is 20.0 Å². The molecule has 1 aromatic heterocycles. The van der Waals surface area contributed by atoms with Crippen LogP contribution in [0, 0.1) is 0 Å². The van der Waals surface area contributed by atoms with Crippen molar-refractivity contribution < 1.29 is 16.8 Å². The quantitative estimate of drug-likeness (QED) is 0.704. The van der Waals surface area contributed by atoms with Crippen molar-refractivity contribution in [3.63, 3.8) is 0 Å². The minimum Gasteiger partial charge on any atom is -0.211 e. The molecule has 2 aromatic rings. The zero-order chi connectivity index (χ0) is 19.5. The summed E-state index contributed by atoms with van der Waals surface area (Å²) in [6.45, 7) is 0.608. The second-order valence-corrected chi connectivity index (χ2v) is 11.5. The fourth-order valence-electron chi connectivity index (χ4n) is 3.21. The summed E-state index contributed by atoms with van der Waals surface area (Å²) in [4.78, 5) is 0.0263. The van der Waals surface area contributed by atoms with E-state index in [9.17, 15) is 16.8 Å². The number of sulfonamides is 2. The maximum atomic E-state index is 12.9. The number of thiophene rings is 1. The number of nitrogens with zero attached hydrogens (tertiary/aromatic N) is 1. The van der Waals surface area contributed by atoms with Gasteiger partial charge < -0.3 is 0 Å². The fourth-order valence-corrected chi connectivity index (χ4v) is 7.61. The summed E-state index contributed by atoms with van der Waals surface area (Å²) >= 11 is 7.17. The number of nitrogens with one attached hydrogen (secondary N) is 1. The highest BCUT2D eigenvalue weighted by atomic mass is 35.5. The Labute approximate surface area is 169 Å². The van der Waals surface area contributed by atoms with E-state index in [-0.39, 0.29) is 22.5 Å². The molecule has 148 valence electrons. The molecule has 0 aliphatic carbocycles. The lowest BCUT2D eigenvalue weighted by Crippen LogP contribution is -2.44. The molecule has 1 N–H and O–H groups in total. The number of piperidine rings is 1. The molecular weight excluding hydrogens is 428 g/mol. The van der Waals surface area contributed by atoms with Gasteiger partial charge in [-0.3, -0.25) is 0 Å². The van der Waals surface area contributed by atoms with Crippen LogP contribution in [0.1, 0.15) is 25.7 Å². The van der Waals surface area contributed by atoms with E-state index in [4.69, 9.17) is 11.6 Å². The Morgan fingerprint density at radius 2 is 1.89 bits per heavy atom. The number of rotatable bonds is 7. The summed E-state index contributed by atoms with van der Waals surface area (Å²) in [5, 5.41) is 1.90. The van der Waals surface area contributed by atoms with E-state index in [0.717, 1.165) is 19.3 Å². The van der Waals surface area contributed by atoms with Crippen LogP contribution >= 0.6 is 22.9 Å². The Kier molecular flexibility index (Phi) is 6.60. The van der Waals surface area contributed by atoms with Crippen LogP contribution in [0.4, 0.5) is 0 Å². The van der Waals surface area contributed by atoms with Crippen LogP contribution in [0.5, 0.6) is 0 Å². The van der Waals surface area contributed by atoms with E-state index in [1.54, 1.807) is 29.6 Å². The SMILES string of the molecule is O=S(=O)(NCCC1CCCCN1S(=O)(=O)c1cccs1)c1ccccc1Cl. The van der Waals surface area contributed by atoms with E-state index >= 15 is 0 Å². The molecule has 27 heavy (non-hydrogen) atoms. The van der Waals surface area contributed by atoms with Crippen LogP contribution in [-0.2, 0) is 20.0 Å². The summed E-state index contributed by atoms with van der Waals surface area (Å²) in [7, 11) is -7.27. The second kappa shape index (κ2) is 8.59. The van der Waals surface area contributed by atoms with Crippen LogP contribution in [-0.4, -0.2) is 40.3 Å². The molecule has 1 aliphatic heterocycles. The third-order valence-electron chi connectivity index (χ3n) is 4.53. The fraction of sp³-hybridized carbons (Fsp3) is 0.412. The summed E-state index contributed by atoms with van der Waals surface area (Å²) in [5.74, 6) is 0. The Morgan fingerprint density at radius 1 is 1.11 bits per heavy atom. The average molecular weight is 449 g/mol. The van der Waals surface area contributed by atoms with Gasteiger partial charge in [-0.2, -0.15) is 4.31 Å². The van der Waals surface area contributed by atoms with Gasteiger partial charge in [0, 0.05) is 19.1 Å². The number of hydrogen-bond acceptors (Lipinski definition) is 5. The van der Waals surface area contributed by atoms with Crippen LogP contribution in [0.2, 0.25) is 5.02 Å². The van der Waals surface area contributed by atoms with E-state index in [2.05, 4.69) is 4.72 Å². The van der Waals surface area contributed by atoms with Crippen molar-refractivity contribution in [2.45, 2.75) is 40.8 Å². The zero-order valence-corrected chi connectivity index (χ0v) is 17.7. The zero-order valence-electron chi connectivity index (χ0n) is 14.5. The molecule has 1 atom stereocenters. The number of halogens is 1. The summed E-state index contributed by atoms with van der Waals surface area (Å²) < 4.78 is 55.0. The smallest absolute Gasteiger partial charge is 0.211 e. The van der Waals surface area contributed by atoms with Crippen LogP contribution in [0.15, 0.2) is 50.9 Å². The molecule has 0 amide bonds. The van der Waals surface area contributed by atoms with Crippen molar-refractivity contribution in [2.24, 2.45) is 0 Å². The molecule has 6 nitrogen and oxygen atoms in total. The van der Waals surface area contributed by atoms with Gasteiger partial charge in [0.2, 0.25) is 10.0 Å². The van der Waals surface area contributed by atoms with Crippen molar-refractivity contribution in [3.05, 3.63) is 46.8 Å². The minimum atomic E-state index is -3.74. The van der Waals surface area contributed by atoms with Gasteiger partial charge in [0.25, 0.3) is 10.0 Å². The Balaban J connectivity index is 1.68. The summed E-state index contributed by atoms with van der Waals surface area (Å²) in [5.41, 5.74) is 0. The molecule has 3 rings (SSSR count). The van der Waals surface area contributed by atoms with Gasteiger partial charge in [-0.05, 0) is 42.8 Å². The highest BCUT2D eigenvalue weighted by molar-refractivity contribution is 7.91. The van der Waals surface area contributed by atoms with E-state index in [0.29, 0.717) is 17.2 Å². The van der Waals surface area contributed by atoms with Crippen LogP contribution in [0.3, 0.4) is 0 Å². The summed E-state index contributed by atoms with van der Waals surface area (Å²) in [6.07, 6.45) is 2.87. The highest BCUT2D eigenvalue weighted by Gasteiger charge is 2.34. The third kappa shape index (κ3) is 4.72. The van der Waals surface area contributed by atoms with Gasteiger partial charge in [0.05, 0.1) is 5.02 Å². The monoisotopic (exact) mass is 448 g/mol. The van der Waals surface area contributed by atoms with Crippen molar-refractivity contribution in [3.8, 4) is 0 Å². The molecule has 1 saturated heterocycles. The van der Waals surface area contributed by atoms with Crippen molar-refractivity contribution in [2.75, 3.05) is 13.1 Å². The molecule has 1 aliphatic rings. The van der Waals surface area contributed by atoms with Gasteiger partial charge in [-0.1, -0.05) is 36.2 Å². The Hall–Kier alpha value is -0.970.